The maximum absolute atomic E-state index is 13.5. The van der Waals surface area contributed by atoms with Gasteiger partial charge in [0.1, 0.15) is 5.75 Å². The van der Waals surface area contributed by atoms with Crippen LogP contribution in [0.1, 0.15) is 68.8 Å². The fourth-order valence-corrected chi connectivity index (χ4v) is 7.09. The van der Waals surface area contributed by atoms with Crippen molar-refractivity contribution < 1.29 is 34.8 Å². The van der Waals surface area contributed by atoms with E-state index >= 15 is 0 Å². The van der Waals surface area contributed by atoms with E-state index in [0.717, 1.165) is 30.7 Å². The number of phenolic OH excluding ortho intramolecular Hbond substituents is 1. The molecule has 10 nitrogen and oxygen atoms in total. The van der Waals surface area contributed by atoms with Crippen LogP contribution in [0.2, 0.25) is 0 Å². The monoisotopic (exact) mass is 629 g/mol. The first kappa shape index (κ1) is 35.2. The van der Waals surface area contributed by atoms with Gasteiger partial charge < -0.3 is 31.1 Å². The van der Waals surface area contributed by atoms with Crippen molar-refractivity contribution in [3.8, 4) is 5.75 Å². The van der Waals surface area contributed by atoms with Crippen molar-refractivity contribution in [3.63, 3.8) is 0 Å². The van der Waals surface area contributed by atoms with Gasteiger partial charge >= 0.3 is 6.16 Å². The number of benzene rings is 2. The van der Waals surface area contributed by atoms with Gasteiger partial charge in [0.2, 0.25) is 5.91 Å². The molecule has 1 aliphatic heterocycles. The number of likely N-dealkylation sites (tertiary alicyclic amines) is 1. The molecule has 11 heteroatoms. The minimum atomic E-state index is -1.83. The number of rotatable bonds is 9. The van der Waals surface area contributed by atoms with Crippen molar-refractivity contribution >= 4 is 29.7 Å². The van der Waals surface area contributed by atoms with E-state index in [0.29, 0.717) is 35.3 Å². The van der Waals surface area contributed by atoms with Crippen LogP contribution in [0.15, 0.2) is 53.4 Å². The normalized spacial score (nSPS) is 21.5. The van der Waals surface area contributed by atoms with E-state index in [9.17, 15) is 19.8 Å². The van der Waals surface area contributed by atoms with E-state index in [2.05, 4.69) is 15.5 Å². The topological polar surface area (TPSA) is 159 Å². The molecule has 1 saturated carbocycles. The minimum Gasteiger partial charge on any atom is -0.508 e. The number of nitrogens with zero attached hydrogens (tertiary/aromatic N) is 1. The van der Waals surface area contributed by atoms with Crippen molar-refractivity contribution in [1.82, 2.24) is 15.5 Å². The van der Waals surface area contributed by atoms with Crippen molar-refractivity contribution in [2.45, 2.75) is 88.4 Å². The molecule has 5 atom stereocenters. The Morgan fingerprint density at radius 3 is 2.27 bits per heavy atom. The standard InChI is InChI=1S/C32H45N3O4S.CH2O3/c1-21-25(15-10-16-28(21)36)30(38)33-26(20-40-24-13-6-5-7-14-24)29(37)19-35-18-23-12-9-8-11-22(23)17-27(35)31(39)34-32(2,3)4;2-1(3)4/h5-7,10,13-16,22-23,26-27,29,36-37H,8-9,11-12,17-20H2,1-4H3,(H,33,38)(H,34,39);(H2,2,3,4)/t22-,23+,26-,27-,29+;/m0./s1. The molecule has 0 aromatic heterocycles. The van der Waals surface area contributed by atoms with Crippen molar-refractivity contribution in [2.24, 2.45) is 11.8 Å². The van der Waals surface area contributed by atoms with Gasteiger partial charge in [0, 0.05) is 40.4 Å². The Bertz CT molecular complexity index is 1250. The number of phenols is 1. The number of aliphatic hydroxyl groups is 1. The van der Waals surface area contributed by atoms with Crippen LogP contribution in [0.25, 0.3) is 0 Å². The predicted octanol–water partition coefficient (Wildman–Crippen LogP) is 4.97. The summed E-state index contributed by atoms with van der Waals surface area (Å²) >= 11 is 1.57. The number of fused-ring (bicyclic) bond motifs is 1. The second kappa shape index (κ2) is 16.2. The molecular formula is C33H47N3O7S. The molecule has 0 spiro atoms. The third-order valence-electron chi connectivity index (χ3n) is 8.23. The van der Waals surface area contributed by atoms with Crippen LogP contribution in [0, 0.1) is 18.8 Å². The van der Waals surface area contributed by atoms with E-state index in [4.69, 9.17) is 15.0 Å². The third kappa shape index (κ3) is 10.7. The number of β-amino-alcohol motifs (C(OH)–C–C–N with tert-alkyl or cyclic N) is 1. The van der Waals surface area contributed by atoms with Crippen LogP contribution >= 0.6 is 11.8 Å². The first-order valence-electron chi connectivity index (χ1n) is 15.2. The lowest BCUT2D eigenvalue weighted by Gasteiger charge is -2.47. The first-order valence-corrected chi connectivity index (χ1v) is 16.2. The smallest absolute Gasteiger partial charge is 0.503 e. The summed E-state index contributed by atoms with van der Waals surface area (Å²) in [6, 6.07) is 13.9. The molecule has 0 bridgehead atoms. The van der Waals surface area contributed by atoms with Crippen LogP contribution in [0.3, 0.4) is 0 Å². The molecule has 1 heterocycles. The number of carboxylic acid groups (broad SMARTS) is 2. The Balaban J connectivity index is 0.00000124. The number of hydrogen-bond donors (Lipinski definition) is 6. The Kier molecular flexibility index (Phi) is 12.9. The molecule has 0 radical (unpaired) electrons. The summed E-state index contributed by atoms with van der Waals surface area (Å²) in [5, 5.41) is 41.9. The number of hydrogen-bond acceptors (Lipinski definition) is 7. The number of thioether (sulfide) groups is 1. The van der Waals surface area contributed by atoms with Crippen LogP contribution in [-0.4, -0.2) is 85.9 Å². The molecule has 2 fully saturated rings. The predicted molar refractivity (Wildman–Crippen MR) is 171 cm³/mol. The summed E-state index contributed by atoms with van der Waals surface area (Å²) in [4.78, 5) is 38.6. The van der Waals surface area contributed by atoms with Crippen molar-refractivity contribution in [3.05, 3.63) is 59.7 Å². The summed E-state index contributed by atoms with van der Waals surface area (Å²) < 4.78 is 0. The van der Waals surface area contributed by atoms with Gasteiger partial charge in [-0.25, -0.2) is 4.79 Å². The van der Waals surface area contributed by atoms with Gasteiger partial charge in [0.05, 0.1) is 18.2 Å². The van der Waals surface area contributed by atoms with Gasteiger partial charge in [0.15, 0.2) is 0 Å². The maximum Gasteiger partial charge on any atom is 0.503 e. The molecule has 1 saturated heterocycles. The van der Waals surface area contributed by atoms with Crippen LogP contribution < -0.4 is 10.6 Å². The van der Waals surface area contributed by atoms with E-state index < -0.39 is 18.3 Å². The zero-order valence-corrected chi connectivity index (χ0v) is 26.8. The summed E-state index contributed by atoms with van der Waals surface area (Å²) in [5.41, 5.74) is 0.543. The highest BCUT2D eigenvalue weighted by atomic mass is 32.2. The number of piperidine rings is 1. The largest absolute Gasteiger partial charge is 0.508 e. The van der Waals surface area contributed by atoms with E-state index in [1.165, 1.54) is 12.8 Å². The molecule has 1 aliphatic carbocycles. The second-order valence-electron chi connectivity index (χ2n) is 12.8. The fraction of sp³-hybridized carbons (Fsp3) is 0.545. The van der Waals surface area contributed by atoms with Gasteiger partial charge in [-0.05, 0) is 76.6 Å². The molecule has 4 rings (SSSR count). The van der Waals surface area contributed by atoms with Gasteiger partial charge in [-0.2, -0.15) is 0 Å². The number of nitrogens with one attached hydrogen (secondary N) is 2. The lowest BCUT2D eigenvalue weighted by molar-refractivity contribution is -0.132. The maximum atomic E-state index is 13.5. The molecule has 6 N–H and O–H groups in total. The summed E-state index contributed by atoms with van der Waals surface area (Å²) in [6.07, 6.45) is 2.84. The molecule has 2 aliphatic rings. The van der Waals surface area contributed by atoms with E-state index in [1.54, 1.807) is 36.9 Å². The highest BCUT2D eigenvalue weighted by molar-refractivity contribution is 7.99. The summed E-state index contributed by atoms with van der Waals surface area (Å²) in [7, 11) is 0. The lowest BCUT2D eigenvalue weighted by Crippen LogP contribution is -2.60. The highest BCUT2D eigenvalue weighted by Crippen LogP contribution is 2.39. The van der Waals surface area contributed by atoms with Gasteiger partial charge in [-0.1, -0.05) is 43.5 Å². The Morgan fingerprint density at radius 1 is 1.00 bits per heavy atom. The molecule has 242 valence electrons. The first-order chi connectivity index (χ1) is 20.7. The number of aliphatic hydroxyl groups excluding tert-OH is 1. The van der Waals surface area contributed by atoms with E-state index in [-0.39, 0.29) is 29.1 Å². The average Bonchev–Trinajstić information content (AvgIpc) is 2.95. The number of carbonyl (C=O) groups excluding carboxylic acids is 2. The SMILES string of the molecule is Cc1c(O)cccc1C(=O)N[C@@H](CSc1ccccc1)[C@H](O)CN1C[C@H]2CCCC[C@H]2C[C@H]1C(=O)NC(C)(C)C.O=C(O)O. The number of amides is 2. The fourth-order valence-electron chi connectivity index (χ4n) is 6.06. The average molecular weight is 630 g/mol. The van der Waals surface area contributed by atoms with E-state index in [1.807, 2.05) is 51.1 Å². The Hall–Kier alpha value is -3.28. The third-order valence-corrected chi connectivity index (χ3v) is 9.36. The second-order valence-corrected chi connectivity index (χ2v) is 13.8. The van der Waals surface area contributed by atoms with Crippen LogP contribution in [-0.2, 0) is 4.79 Å². The van der Waals surface area contributed by atoms with Gasteiger partial charge in [-0.15, -0.1) is 11.8 Å². The Morgan fingerprint density at radius 2 is 1.64 bits per heavy atom. The van der Waals surface area contributed by atoms with Crippen LogP contribution in [0.5, 0.6) is 5.75 Å². The molecule has 2 amide bonds. The highest BCUT2D eigenvalue weighted by Gasteiger charge is 2.41. The Labute approximate surface area is 264 Å². The van der Waals surface area contributed by atoms with Gasteiger partial charge in [-0.3, -0.25) is 14.5 Å². The van der Waals surface area contributed by atoms with Crippen molar-refractivity contribution in [1.29, 1.82) is 0 Å². The number of carbonyl (C=O) groups is 3. The summed E-state index contributed by atoms with van der Waals surface area (Å²) in [6.45, 7) is 8.76. The molecular weight excluding hydrogens is 582 g/mol. The zero-order chi connectivity index (χ0) is 32.4. The lowest BCUT2D eigenvalue weighted by atomic mass is 9.72. The quantitative estimate of drug-likeness (QED) is 0.211. The van der Waals surface area contributed by atoms with Crippen molar-refractivity contribution in [2.75, 3.05) is 18.8 Å². The molecule has 2 aromatic rings. The van der Waals surface area contributed by atoms with Gasteiger partial charge in [0.25, 0.3) is 5.91 Å². The molecule has 2 aromatic carbocycles. The summed E-state index contributed by atoms with van der Waals surface area (Å²) in [5.74, 6) is 1.27. The number of aromatic hydroxyl groups is 1. The zero-order valence-electron chi connectivity index (χ0n) is 26.0. The minimum absolute atomic E-state index is 0.0124. The van der Waals surface area contributed by atoms with Crippen LogP contribution in [0.4, 0.5) is 4.79 Å². The molecule has 44 heavy (non-hydrogen) atoms. The molecule has 0 unspecified atom stereocenters.